The Morgan fingerprint density at radius 1 is 1.12 bits per heavy atom. The minimum atomic E-state index is -0.138. The van der Waals surface area contributed by atoms with Gasteiger partial charge in [0.15, 0.2) is 5.78 Å². The molecule has 1 atom stereocenters. The van der Waals surface area contributed by atoms with Crippen LogP contribution in [0.25, 0.3) is 10.8 Å². The van der Waals surface area contributed by atoms with Crippen LogP contribution in [0, 0.1) is 0 Å². The Morgan fingerprint density at radius 2 is 1.81 bits per heavy atom. The number of likely N-dealkylation sites (N-methyl/N-ethyl adjacent to an activating group) is 1. The van der Waals surface area contributed by atoms with Gasteiger partial charge in [-0.2, -0.15) is 0 Å². The van der Waals surface area contributed by atoms with Gasteiger partial charge in [-0.1, -0.05) is 36.4 Å². The van der Waals surface area contributed by atoms with Crippen LogP contribution in [0.3, 0.4) is 0 Å². The first-order valence-electron chi connectivity index (χ1n) is 5.42. The third kappa shape index (κ3) is 1.97. The van der Waals surface area contributed by atoms with E-state index in [2.05, 4.69) is 5.32 Å². The van der Waals surface area contributed by atoms with Gasteiger partial charge in [0.05, 0.1) is 6.04 Å². The molecule has 0 amide bonds. The van der Waals surface area contributed by atoms with Crippen LogP contribution in [-0.4, -0.2) is 18.9 Å². The lowest BCUT2D eigenvalue weighted by molar-refractivity contribution is 0.0955. The molecule has 0 spiro atoms. The van der Waals surface area contributed by atoms with Crippen LogP contribution in [0.2, 0.25) is 0 Å². The van der Waals surface area contributed by atoms with Crippen molar-refractivity contribution in [1.29, 1.82) is 0 Å². The van der Waals surface area contributed by atoms with Gasteiger partial charge in [-0.3, -0.25) is 4.79 Å². The maximum Gasteiger partial charge on any atom is 0.179 e. The fourth-order valence-corrected chi connectivity index (χ4v) is 1.72. The molecule has 2 heteroatoms. The van der Waals surface area contributed by atoms with E-state index >= 15 is 0 Å². The summed E-state index contributed by atoms with van der Waals surface area (Å²) in [6.45, 7) is 1.87. The van der Waals surface area contributed by atoms with Crippen molar-refractivity contribution in [2.45, 2.75) is 13.0 Å². The Balaban J connectivity index is 2.43. The zero-order chi connectivity index (χ0) is 11.5. The van der Waals surface area contributed by atoms with Gasteiger partial charge in [-0.15, -0.1) is 0 Å². The zero-order valence-electron chi connectivity index (χ0n) is 9.53. The maximum absolute atomic E-state index is 12.0. The third-order valence-corrected chi connectivity index (χ3v) is 2.86. The molecular formula is C14H15NO. The normalized spacial score (nSPS) is 12.6. The van der Waals surface area contributed by atoms with Crippen LogP contribution in [-0.2, 0) is 0 Å². The van der Waals surface area contributed by atoms with E-state index in [0.29, 0.717) is 0 Å². The minimum absolute atomic E-state index is 0.133. The first-order valence-corrected chi connectivity index (χ1v) is 5.42. The van der Waals surface area contributed by atoms with E-state index in [1.54, 1.807) is 7.05 Å². The number of Topliss-reactive ketones (excluding diaryl/α,β-unsaturated/α-hetero) is 1. The molecule has 0 heterocycles. The van der Waals surface area contributed by atoms with Crippen molar-refractivity contribution in [1.82, 2.24) is 5.32 Å². The molecule has 2 aromatic rings. The van der Waals surface area contributed by atoms with Crippen molar-refractivity contribution in [2.75, 3.05) is 7.05 Å². The van der Waals surface area contributed by atoms with Crippen molar-refractivity contribution in [3.63, 3.8) is 0 Å². The van der Waals surface area contributed by atoms with Crippen LogP contribution in [0.5, 0.6) is 0 Å². The lowest BCUT2D eigenvalue weighted by Gasteiger charge is -2.09. The molecule has 1 N–H and O–H groups in total. The molecule has 0 aliphatic carbocycles. The van der Waals surface area contributed by atoms with Gasteiger partial charge < -0.3 is 5.32 Å². The number of hydrogen-bond donors (Lipinski definition) is 1. The molecule has 0 saturated heterocycles. The highest BCUT2D eigenvalue weighted by Gasteiger charge is 2.12. The average Bonchev–Trinajstić information content (AvgIpc) is 2.36. The molecule has 0 aliphatic rings. The van der Waals surface area contributed by atoms with Gasteiger partial charge in [0.25, 0.3) is 0 Å². The predicted octanol–water partition coefficient (Wildman–Crippen LogP) is 2.63. The monoisotopic (exact) mass is 213 g/mol. The van der Waals surface area contributed by atoms with E-state index in [0.717, 1.165) is 16.3 Å². The summed E-state index contributed by atoms with van der Waals surface area (Å²) in [4.78, 5) is 12.0. The molecule has 1 unspecified atom stereocenters. The Bertz CT molecular complexity index is 519. The fraction of sp³-hybridized carbons (Fsp3) is 0.214. The fourth-order valence-electron chi connectivity index (χ4n) is 1.72. The standard InChI is InChI=1S/C14H15NO/c1-10(15-2)14(16)13-8-7-11-5-3-4-6-12(11)9-13/h3-10,15H,1-2H3. The second kappa shape index (κ2) is 4.45. The number of ketones is 1. The number of carbonyl (C=O) groups excluding carboxylic acids is 1. The summed E-state index contributed by atoms with van der Waals surface area (Å²) in [6.07, 6.45) is 0. The Kier molecular flexibility index (Phi) is 3.02. The molecule has 0 radical (unpaired) electrons. The second-order valence-electron chi connectivity index (χ2n) is 3.94. The number of benzene rings is 2. The lowest BCUT2D eigenvalue weighted by Crippen LogP contribution is -2.30. The number of rotatable bonds is 3. The predicted molar refractivity (Wildman–Crippen MR) is 66.8 cm³/mol. The van der Waals surface area contributed by atoms with Crippen LogP contribution < -0.4 is 5.32 Å². The largest absolute Gasteiger partial charge is 0.310 e. The van der Waals surface area contributed by atoms with Gasteiger partial charge >= 0.3 is 0 Å². The highest BCUT2D eigenvalue weighted by atomic mass is 16.1. The van der Waals surface area contributed by atoms with Gasteiger partial charge in [-0.25, -0.2) is 0 Å². The van der Waals surface area contributed by atoms with E-state index in [9.17, 15) is 4.79 Å². The summed E-state index contributed by atoms with van der Waals surface area (Å²) >= 11 is 0. The quantitative estimate of drug-likeness (QED) is 0.794. The molecule has 2 nitrogen and oxygen atoms in total. The summed E-state index contributed by atoms with van der Waals surface area (Å²) < 4.78 is 0. The van der Waals surface area contributed by atoms with Gasteiger partial charge in [0.1, 0.15) is 0 Å². The summed E-state index contributed by atoms with van der Waals surface area (Å²) in [7, 11) is 1.80. The second-order valence-corrected chi connectivity index (χ2v) is 3.94. The minimum Gasteiger partial charge on any atom is -0.310 e. The van der Waals surface area contributed by atoms with Crippen LogP contribution in [0.1, 0.15) is 17.3 Å². The topological polar surface area (TPSA) is 29.1 Å². The summed E-state index contributed by atoms with van der Waals surface area (Å²) in [5, 5.41) is 5.23. The molecular weight excluding hydrogens is 198 g/mol. The third-order valence-electron chi connectivity index (χ3n) is 2.86. The molecule has 82 valence electrons. The SMILES string of the molecule is CNC(C)C(=O)c1ccc2ccccc2c1. The number of hydrogen-bond acceptors (Lipinski definition) is 2. The number of fused-ring (bicyclic) bond motifs is 1. The van der Waals surface area contributed by atoms with Crippen molar-refractivity contribution >= 4 is 16.6 Å². The van der Waals surface area contributed by atoms with Crippen LogP contribution in [0.15, 0.2) is 42.5 Å². The number of nitrogens with one attached hydrogen (secondary N) is 1. The molecule has 2 rings (SSSR count). The molecule has 0 fully saturated rings. The van der Waals surface area contributed by atoms with E-state index in [1.807, 2.05) is 49.4 Å². The van der Waals surface area contributed by atoms with Crippen LogP contribution in [0.4, 0.5) is 0 Å². The summed E-state index contributed by atoms with van der Waals surface area (Å²) in [5.74, 6) is 0.133. The molecule has 0 aliphatic heterocycles. The first kappa shape index (κ1) is 10.8. The molecule has 2 aromatic carbocycles. The molecule has 0 bridgehead atoms. The highest BCUT2D eigenvalue weighted by molar-refractivity contribution is 6.02. The maximum atomic E-state index is 12.0. The molecule has 0 saturated carbocycles. The van der Waals surface area contributed by atoms with E-state index in [1.165, 1.54) is 0 Å². The molecule has 0 aromatic heterocycles. The van der Waals surface area contributed by atoms with Crippen molar-refractivity contribution in [2.24, 2.45) is 0 Å². The van der Waals surface area contributed by atoms with Crippen molar-refractivity contribution < 1.29 is 4.79 Å². The first-order chi connectivity index (χ1) is 7.72. The van der Waals surface area contributed by atoms with Crippen molar-refractivity contribution in [3.05, 3.63) is 48.0 Å². The number of carbonyl (C=O) groups is 1. The smallest absolute Gasteiger partial charge is 0.179 e. The lowest BCUT2D eigenvalue weighted by atomic mass is 10.0. The summed E-state index contributed by atoms with van der Waals surface area (Å²) in [6, 6.07) is 13.7. The van der Waals surface area contributed by atoms with E-state index < -0.39 is 0 Å². The van der Waals surface area contributed by atoms with E-state index in [-0.39, 0.29) is 11.8 Å². The van der Waals surface area contributed by atoms with E-state index in [4.69, 9.17) is 0 Å². The van der Waals surface area contributed by atoms with Gasteiger partial charge in [0, 0.05) is 5.56 Å². The summed E-state index contributed by atoms with van der Waals surface area (Å²) in [5.41, 5.74) is 0.764. The zero-order valence-corrected chi connectivity index (χ0v) is 9.53. The van der Waals surface area contributed by atoms with Crippen molar-refractivity contribution in [3.8, 4) is 0 Å². The van der Waals surface area contributed by atoms with Crippen LogP contribution >= 0.6 is 0 Å². The van der Waals surface area contributed by atoms with Gasteiger partial charge in [0.2, 0.25) is 0 Å². The molecule has 16 heavy (non-hydrogen) atoms. The highest BCUT2D eigenvalue weighted by Crippen LogP contribution is 2.16. The average molecular weight is 213 g/mol. The Hall–Kier alpha value is -1.67. The Labute approximate surface area is 95.3 Å². The van der Waals surface area contributed by atoms with Gasteiger partial charge in [-0.05, 0) is 30.8 Å². The Morgan fingerprint density at radius 3 is 2.50 bits per heavy atom.